The van der Waals surface area contributed by atoms with Crippen molar-refractivity contribution in [2.45, 2.75) is 40.3 Å². The smallest absolute Gasteiger partial charge is 0.295 e. The van der Waals surface area contributed by atoms with E-state index in [1.807, 2.05) is 56.3 Å². The second kappa shape index (κ2) is 12.1. The molecule has 1 heterocycles. The van der Waals surface area contributed by atoms with E-state index in [1.54, 1.807) is 29.2 Å². The van der Waals surface area contributed by atoms with Gasteiger partial charge in [-0.15, -0.1) is 0 Å². The molecule has 3 aromatic carbocycles. The van der Waals surface area contributed by atoms with Crippen LogP contribution in [-0.2, 0) is 16.2 Å². The largest absolute Gasteiger partial charge is 0.507 e. The molecule has 6 nitrogen and oxygen atoms in total. The Morgan fingerprint density at radius 3 is 2.24 bits per heavy atom. The Labute approximate surface area is 225 Å². The number of likely N-dealkylation sites (N-methyl/N-ethyl adjacent to an activating group) is 1. The lowest BCUT2D eigenvalue weighted by Crippen LogP contribution is -2.38. The Morgan fingerprint density at radius 1 is 0.921 bits per heavy atom. The first-order valence-electron chi connectivity index (χ1n) is 13.2. The minimum Gasteiger partial charge on any atom is -0.507 e. The molecule has 0 radical (unpaired) electrons. The summed E-state index contributed by atoms with van der Waals surface area (Å²) in [5.41, 5.74) is 4.70. The van der Waals surface area contributed by atoms with Crippen LogP contribution in [-0.4, -0.2) is 52.8 Å². The van der Waals surface area contributed by atoms with Gasteiger partial charge in [0.15, 0.2) is 0 Å². The van der Waals surface area contributed by atoms with Gasteiger partial charge in [-0.3, -0.25) is 9.59 Å². The Balaban J connectivity index is 1.63. The fourth-order valence-corrected chi connectivity index (χ4v) is 4.83. The molecule has 1 N–H and O–H groups in total. The van der Waals surface area contributed by atoms with Crippen molar-refractivity contribution >= 4 is 17.4 Å². The molecule has 3 aromatic rings. The summed E-state index contributed by atoms with van der Waals surface area (Å²) in [5.74, 6) is -0.767. The summed E-state index contributed by atoms with van der Waals surface area (Å²) >= 11 is 0. The molecule has 1 amide bonds. The normalized spacial score (nSPS) is 16.9. The third kappa shape index (κ3) is 5.97. The number of carbonyl (C=O) groups is 2. The van der Waals surface area contributed by atoms with Crippen LogP contribution in [0.25, 0.3) is 5.76 Å². The number of likely N-dealkylation sites (tertiary alicyclic amines) is 1. The van der Waals surface area contributed by atoms with Crippen molar-refractivity contribution in [1.82, 2.24) is 9.80 Å². The number of Topliss-reactive ketones (excluding diaryl/α,β-unsaturated/α-hetero) is 1. The molecule has 1 aliphatic heterocycles. The minimum atomic E-state index is -0.660. The molecular formula is C32H36N2O4. The Hall–Kier alpha value is -3.90. The van der Waals surface area contributed by atoms with E-state index in [4.69, 9.17) is 4.74 Å². The molecule has 1 saturated heterocycles. The highest BCUT2D eigenvalue weighted by Gasteiger charge is 2.45. The van der Waals surface area contributed by atoms with Gasteiger partial charge in [-0.05, 0) is 62.3 Å². The predicted octanol–water partition coefficient (Wildman–Crippen LogP) is 5.65. The van der Waals surface area contributed by atoms with Crippen LogP contribution in [0, 0.1) is 13.8 Å². The molecule has 4 rings (SSSR count). The zero-order valence-corrected chi connectivity index (χ0v) is 22.6. The first-order chi connectivity index (χ1) is 18.3. The Kier molecular flexibility index (Phi) is 8.64. The van der Waals surface area contributed by atoms with Crippen molar-refractivity contribution in [2.24, 2.45) is 0 Å². The molecule has 0 bridgehead atoms. The van der Waals surface area contributed by atoms with Crippen LogP contribution in [0.4, 0.5) is 0 Å². The molecule has 1 aliphatic rings. The number of nitrogens with zero attached hydrogens (tertiary/aromatic N) is 2. The number of carbonyl (C=O) groups excluding carboxylic acids is 2. The Morgan fingerprint density at radius 2 is 1.61 bits per heavy atom. The number of amides is 1. The number of hydrogen-bond acceptors (Lipinski definition) is 5. The number of rotatable bonds is 10. The number of aliphatic hydroxyl groups is 1. The van der Waals surface area contributed by atoms with E-state index in [1.165, 1.54) is 5.56 Å². The van der Waals surface area contributed by atoms with E-state index in [-0.39, 0.29) is 11.3 Å². The molecule has 0 saturated carbocycles. The fraction of sp³-hybridized carbons (Fsp3) is 0.312. The lowest BCUT2D eigenvalue weighted by Gasteiger charge is -2.28. The number of ketones is 1. The van der Waals surface area contributed by atoms with Gasteiger partial charge in [0.05, 0.1) is 11.6 Å². The first kappa shape index (κ1) is 27.1. The lowest BCUT2D eigenvalue weighted by atomic mass is 9.94. The monoisotopic (exact) mass is 512 g/mol. The average molecular weight is 513 g/mol. The van der Waals surface area contributed by atoms with Crippen molar-refractivity contribution < 1.29 is 19.4 Å². The van der Waals surface area contributed by atoms with Crippen molar-refractivity contribution in [3.8, 4) is 5.75 Å². The SMILES string of the molecule is CCN(CC)CCN1C(=O)C(=O)/C(=C(/O)c2ccc(OCc3cccc(C)c3)cc2)[C@H]1c1ccc(C)cc1. The van der Waals surface area contributed by atoms with Gasteiger partial charge < -0.3 is 19.6 Å². The molecule has 0 aliphatic carbocycles. The van der Waals surface area contributed by atoms with Gasteiger partial charge in [0.1, 0.15) is 18.1 Å². The standard InChI is InChI=1S/C32H36N2O4/c1-5-33(6-2)18-19-34-29(25-12-10-22(3)11-13-25)28(31(36)32(34)37)30(35)26-14-16-27(17-15-26)38-21-24-9-7-8-23(4)20-24/h7-17,20,29,35H,5-6,18-19,21H2,1-4H3/b30-28+/t29-/m1/s1. The van der Waals surface area contributed by atoms with Gasteiger partial charge in [0.25, 0.3) is 11.7 Å². The summed E-state index contributed by atoms with van der Waals surface area (Å²) in [4.78, 5) is 30.3. The van der Waals surface area contributed by atoms with Crippen LogP contribution in [0.3, 0.4) is 0 Å². The molecule has 0 aromatic heterocycles. The quantitative estimate of drug-likeness (QED) is 0.216. The molecule has 38 heavy (non-hydrogen) atoms. The van der Waals surface area contributed by atoms with Gasteiger partial charge in [0.2, 0.25) is 0 Å². The Bertz CT molecular complexity index is 1310. The van der Waals surface area contributed by atoms with Crippen LogP contribution >= 0.6 is 0 Å². The zero-order valence-electron chi connectivity index (χ0n) is 22.6. The van der Waals surface area contributed by atoms with Crippen molar-refractivity contribution in [1.29, 1.82) is 0 Å². The summed E-state index contributed by atoms with van der Waals surface area (Å²) in [6, 6.07) is 22.2. The van der Waals surface area contributed by atoms with Crippen molar-refractivity contribution in [2.75, 3.05) is 26.2 Å². The van der Waals surface area contributed by atoms with Crippen LogP contribution in [0.5, 0.6) is 5.75 Å². The van der Waals surface area contributed by atoms with Crippen LogP contribution in [0.15, 0.2) is 78.4 Å². The van der Waals surface area contributed by atoms with E-state index < -0.39 is 17.7 Å². The van der Waals surface area contributed by atoms with E-state index in [9.17, 15) is 14.7 Å². The molecule has 0 spiro atoms. The number of aryl methyl sites for hydroxylation is 2. The topological polar surface area (TPSA) is 70.1 Å². The molecule has 198 valence electrons. The average Bonchev–Trinajstić information content (AvgIpc) is 3.18. The second-order valence-corrected chi connectivity index (χ2v) is 9.73. The number of aliphatic hydroxyl groups excluding tert-OH is 1. The maximum atomic E-state index is 13.3. The highest BCUT2D eigenvalue weighted by molar-refractivity contribution is 6.46. The van der Waals surface area contributed by atoms with E-state index in [0.717, 1.165) is 29.8 Å². The summed E-state index contributed by atoms with van der Waals surface area (Å²) < 4.78 is 5.91. The minimum absolute atomic E-state index is 0.117. The summed E-state index contributed by atoms with van der Waals surface area (Å²) in [5, 5.41) is 11.3. The van der Waals surface area contributed by atoms with Crippen LogP contribution < -0.4 is 4.74 Å². The van der Waals surface area contributed by atoms with E-state index >= 15 is 0 Å². The van der Waals surface area contributed by atoms with E-state index in [2.05, 4.69) is 24.8 Å². The predicted molar refractivity (Wildman–Crippen MR) is 150 cm³/mol. The third-order valence-electron chi connectivity index (χ3n) is 7.10. The maximum absolute atomic E-state index is 13.3. The van der Waals surface area contributed by atoms with Crippen LogP contribution in [0.2, 0.25) is 0 Å². The van der Waals surface area contributed by atoms with Crippen molar-refractivity contribution in [3.05, 3.63) is 106 Å². The molecule has 0 unspecified atom stereocenters. The number of benzene rings is 3. The number of ether oxygens (including phenoxy) is 1. The zero-order chi connectivity index (χ0) is 27.2. The third-order valence-corrected chi connectivity index (χ3v) is 7.10. The van der Waals surface area contributed by atoms with Gasteiger partial charge in [-0.2, -0.15) is 0 Å². The van der Waals surface area contributed by atoms with Gasteiger partial charge >= 0.3 is 0 Å². The van der Waals surface area contributed by atoms with Gasteiger partial charge in [0, 0.05) is 18.7 Å². The van der Waals surface area contributed by atoms with Crippen molar-refractivity contribution in [3.63, 3.8) is 0 Å². The summed E-state index contributed by atoms with van der Waals surface area (Å²) in [7, 11) is 0. The molecule has 1 atom stereocenters. The summed E-state index contributed by atoms with van der Waals surface area (Å²) in [6.07, 6.45) is 0. The van der Waals surface area contributed by atoms with Gasteiger partial charge in [-0.1, -0.05) is 73.5 Å². The summed E-state index contributed by atoms with van der Waals surface area (Å²) in [6.45, 7) is 11.4. The highest BCUT2D eigenvalue weighted by atomic mass is 16.5. The van der Waals surface area contributed by atoms with Crippen LogP contribution in [0.1, 0.15) is 47.7 Å². The fourth-order valence-electron chi connectivity index (χ4n) is 4.83. The van der Waals surface area contributed by atoms with E-state index in [0.29, 0.717) is 31.0 Å². The second-order valence-electron chi connectivity index (χ2n) is 9.73. The highest BCUT2D eigenvalue weighted by Crippen LogP contribution is 2.39. The number of hydrogen-bond donors (Lipinski definition) is 1. The molecule has 6 heteroatoms. The lowest BCUT2D eigenvalue weighted by molar-refractivity contribution is -0.140. The molecular weight excluding hydrogens is 476 g/mol. The van der Waals surface area contributed by atoms with Gasteiger partial charge in [-0.25, -0.2) is 0 Å². The molecule has 1 fully saturated rings. The maximum Gasteiger partial charge on any atom is 0.295 e. The first-order valence-corrected chi connectivity index (χ1v) is 13.2.